The number of carbonyl (C=O) groups excluding carboxylic acids is 1. The van der Waals surface area contributed by atoms with Gasteiger partial charge in [-0.2, -0.15) is 0 Å². The van der Waals surface area contributed by atoms with Gasteiger partial charge in [0.1, 0.15) is 0 Å². The van der Waals surface area contributed by atoms with Gasteiger partial charge in [0.2, 0.25) is 5.91 Å². The van der Waals surface area contributed by atoms with Gasteiger partial charge in [0.15, 0.2) is 0 Å². The summed E-state index contributed by atoms with van der Waals surface area (Å²) in [6.07, 6.45) is 2.25. The van der Waals surface area contributed by atoms with E-state index in [1.165, 1.54) is 18.6 Å². The van der Waals surface area contributed by atoms with Crippen LogP contribution >= 0.6 is 0 Å². The third-order valence-corrected chi connectivity index (χ3v) is 2.63. The summed E-state index contributed by atoms with van der Waals surface area (Å²) >= 11 is 0. The molecule has 2 N–H and O–H groups in total. The Kier molecular flexibility index (Phi) is 5.43. The van der Waals surface area contributed by atoms with Crippen molar-refractivity contribution in [3.63, 3.8) is 0 Å². The molecule has 0 fully saturated rings. The standard InChI is InChI=1S/C14H19NO2/c1-3-14(17)13(15-11(2)16)10-9-12-7-5-4-6-8-12/h3-8,13-14,17H,1,9-10H2,2H3,(H,15,16)/t13-,14-/m1/s1. The minimum atomic E-state index is -0.706. The van der Waals surface area contributed by atoms with Crippen molar-refractivity contribution in [2.75, 3.05) is 0 Å². The van der Waals surface area contributed by atoms with E-state index >= 15 is 0 Å². The van der Waals surface area contributed by atoms with Crippen molar-refractivity contribution in [3.05, 3.63) is 48.6 Å². The Balaban J connectivity index is 2.54. The largest absolute Gasteiger partial charge is 0.387 e. The number of rotatable bonds is 6. The van der Waals surface area contributed by atoms with Crippen molar-refractivity contribution in [1.29, 1.82) is 0 Å². The van der Waals surface area contributed by atoms with Crippen LogP contribution in [0.1, 0.15) is 18.9 Å². The molecule has 3 nitrogen and oxygen atoms in total. The molecule has 0 heterocycles. The Morgan fingerprint density at radius 3 is 2.65 bits per heavy atom. The van der Waals surface area contributed by atoms with E-state index < -0.39 is 6.10 Å². The minimum absolute atomic E-state index is 0.135. The number of aryl methyl sites for hydroxylation is 1. The average molecular weight is 233 g/mol. The van der Waals surface area contributed by atoms with E-state index in [1.54, 1.807) is 0 Å². The van der Waals surface area contributed by atoms with Crippen molar-refractivity contribution in [2.45, 2.75) is 31.9 Å². The minimum Gasteiger partial charge on any atom is -0.387 e. The third kappa shape index (κ3) is 4.83. The molecule has 0 aliphatic rings. The highest BCUT2D eigenvalue weighted by atomic mass is 16.3. The molecule has 1 aromatic rings. The van der Waals surface area contributed by atoms with Crippen LogP contribution in [0.25, 0.3) is 0 Å². The number of aliphatic hydroxyl groups excluding tert-OH is 1. The second-order valence-electron chi connectivity index (χ2n) is 4.06. The Hall–Kier alpha value is -1.61. The summed E-state index contributed by atoms with van der Waals surface area (Å²) in [6.45, 7) is 4.99. The molecular weight excluding hydrogens is 214 g/mol. The van der Waals surface area contributed by atoms with Gasteiger partial charge >= 0.3 is 0 Å². The van der Waals surface area contributed by atoms with Crippen LogP contribution in [0, 0.1) is 0 Å². The van der Waals surface area contributed by atoms with Crippen LogP contribution in [0.5, 0.6) is 0 Å². The zero-order valence-electron chi connectivity index (χ0n) is 10.1. The van der Waals surface area contributed by atoms with Crippen LogP contribution in [-0.2, 0) is 11.2 Å². The molecule has 0 saturated carbocycles. The number of amides is 1. The summed E-state index contributed by atoms with van der Waals surface area (Å²) in [6, 6.07) is 9.72. The van der Waals surface area contributed by atoms with E-state index in [9.17, 15) is 9.90 Å². The number of benzene rings is 1. The first-order chi connectivity index (χ1) is 8.13. The predicted molar refractivity (Wildman–Crippen MR) is 68.6 cm³/mol. The van der Waals surface area contributed by atoms with Crippen LogP contribution in [0.4, 0.5) is 0 Å². The third-order valence-electron chi connectivity index (χ3n) is 2.63. The molecule has 0 aliphatic heterocycles. The van der Waals surface area contributed by atoms with Gasteiger partial charge in [0, 0.05) is 6.92 Å². The average Bonchev–Trinajstić information content (AvgIpc) is 2.34. The van der Waals surface area contributed by atoms with Crippen molar-refractivity contribution in [2.24, 2.45) is 0 Å². The molecule has 1 amide bonds. The maximum atomic E-state index is 11.0. The quantitative estimate of drug-likeness (QED) is 0.734. The van der Waals surface area contributed by atoms with Gasteiger partial charge < -0.3 is 10.4 Å². The van der Waals surface area contributed by atoms with E-state index in [0.717, 1.165) is 6.42 Å². The second kappa shape index (κ2) is 6.86. The lowest BCUT2D eigenvalue weighted by molar-refractivity contribution is -0.120. The molecule has 1 rings (SSSR count). The van der Waals surface area contributed by atoms with Crippen molar-refractivity contribution < 1.29 is 9.90 Å². The van der Waals surface area contributed by atoms with E-state index in [1.807, 2.05) is 30.3 Å². The number of hydrogen-bond donors (Lipinski definition) is 2. The van der Waals surface area contributed by atoms with E-state index in [0.29, 0.717) is 6.42 Å². The van der Waals surface area contributed by atoms with Gasteiger partial charge in [-0.3, -0.25) is 4.79 Å². The van der Waals surface area contributed by atoms with Crippen LogP contribution in [0.15, 0.2) is 43.0 Å². The summed E-state index contributed by atoms with van der Waals surface area (Å²) in [5.41, 5.74) is 1.19. The molecule has 92 valence electrons. The van der Waals surface area contributed by atoms with Crippen LogP contribution in [-0.4, -0.2) is 23.2 Å². The first-order valence-corrected chi connectivity index (χ1v) is 5.75. The molecule has 17 heavy (non-hydrogen) atoms. The van der Waals surface area contributed by atoms with Gasteiger partial charge in [-0.1, -0.05) is 36.4 Å². The molecule has 0 aliphatic carbocycles. The van der Waals surface area contributed by atoms with E-state index in [4.69, 9.17) is 0 Å². The van der Waals surface area contributed by atoms with Crippen molar-refractivity contribution >= 4 is 5.91 Å². The predicted octanol–water partition coefficient (Wildman–Crippen LogP) is 1.67. The van der Waals surface area contributed by atoms with Gasteiger partial charge in [-0.05, 0) is 18.4 Å². The summed E-state index contributed by atoms with van der Waals surface area (Å²) in [5, 5.41) is 12.5. The number of hydrogen-bond acceptors (Lipinski definition) is 2. The van der Waals surface area contributed by atoms with E-state index in [2.05, 4.69) is 11.9 Å². The Labute approximate surface area is 102 Å². The highest BCUT2D eigenvalue weighted by molar-refractivity contribution is 5.73. The van der Waals surface area contributed by atoms with Crippen molar-refractivity contribution in [3.8, 4) is 0 Å². The summed E-state index contributed by atoms with van der Waals surface area (Å²) in [4.78, 5) is 11.0. The van der Waals surface area contributed by atoms with Gasteiger partial charge in [-0.25, -0.2) is 0 Å². The lowest BCUT2D eigenvalue weighted by atomic mass is 10.0. The maximum absolute atomic E-state index is 11.0. The van der Waals surface area contributed by atoms with Crippen LogP contribution in [0.2, 0.25) is 0 Å². The van der Waals surface area contributed by atoms with Gasteiger partial charge in [0.25, 0.3) is 0 Å². The molecular formula is C14H19NO2. The molecule has 2 atom stereocenters. The maximum Gasteiger partial charge on any atom is 0.217 e. The second-order valence-corrected chi connectivity index (χ2v) is 4.06. The summed E-state index contributed by atoms with van der Waals surface area (Å²) < 4.78 is 0. The summed E-state index contributed by atoms with van der Waals surface area (Å²) in [7, 11) is 0. The molecule has 0 radical (unpaired) electrons. The summed E-state index contributed by atoms with van der Waals surface area (Å²) in [5.74, 6) is -0.135. The highest BCUT2D eigenvalue weighted by Gasteiger charge is 2.16. The zero-order chi connectivity index (χ0) is 12.7. The molecule has 1 aromatic carbocycles. The normalized spacial score (nSPS) is 13.8. The molecule has 3 heteroatoms. The highest BCUT2D eigenvalue weighted by Crippen LogP contribution is 2.08. The molecule has 0 bridgehead atoms. The van der Waals surface area contributed by atoms with E-state index in [-0.39, 0.29) is 11.9 Å². The lowest BCUT2D eigenvalue weighted by Crippen LogP contribution is -2.41. The molecule has 0 aromatic heterocycles. The number of carbonyl (C=O) groups is 1. The molecule has 0 saturated heterocycles. The van der Waals surface area contributed by atoms with Crippen LogP contribution < -0.4 is 5.32 Å². The lowest BCUT2D eigenvalue weighted by Gasteiger charge is -2.21. The monoisotopic (exact) mass is 233 g/mol. The topological polar surface area (TPSA) is 49.3 Å². The van der Waals surface area contributed by atoms with Gasteiger partial charge in [-0.15, -0.1) is 6.58 Å². The first-order valence-electron chi connectivity index (χ1n) is 5.75. The molecule has 0 unspecified atom stereocenters. The first kappa shape index (κ1) is 13.5. The van der Waals surface area contributed by atoms with Crippen LogP contribution in [0.3, 0.4) is 0 Å². The zero-order valence-corrected chi connectivity index (χ0v) is 10.1. The fourth-order valence-corrected chi connectivity index (χ4v) is 1.72. The van der Waals surface area contributed by atoms with Gasteiger partial charge in [0.05, 0.1) is 12.1 Å². The fourth-order valence-electron chi connectivity index (χ4n) is 1.72. The Morgan fingerprint density at radius 1 is 1.47 bits per heavy atom. The number of aliphatic hydroxyl groups is 1. The Bertz CT molecular complexity index is 362. The fraction of sp³-hybridized carbons (Fsp3) is 0.357. The SMILES string of the molecule is C=C[C@@H](O)[C@@H](CCc1ccccc1)NC(C)=O. The number of nitrogens with one attached hydrogen (secondary N) is 1. The Morgan fingerprint density at radius 2 is 2.12 bits per heavy atom. The molecule has 0 spiro atoms. The van der Waals surface area contributed by atoms with Crippen molar-refractivity contribution in [1.82, 2.24) is 5.32 Å². The smallest absolute Gasteiger partial charge is 0.217 e.